The Labute approximate surface area is 177 Å². The number of ether oxygens (including phenoxy) is 3. The maximum Gasteiger partial charge on any atom is 0.410 e. The Morgan fingerprint density at radius 1 is 0.967 bits per heavy atom. The van der Waals surface area contributed by atoms with Gasteiger partial charge in [-0.1, -0.05) is 6.07 Å². The normalized spacial score (nSPS) is 13.8. The monoisotopic (exact) mass is 411 g/mol. The minimum absolute atomic E-state index is 0.270. The maximum atomic E-state index is 12.4. The van der Waals surface area contributed by atoms with Crippen LogP contribution in [-0.4, -0.2) is 42.8 Å². The average molecular weight is 411 g/mol. The van der Waals surface area contributed by atoms with E-state index in [2.05, 4.69) is 6.07 Å². The molecule has 1 amide bonds. The minimum atomic E-state index is -0.501. The maximum absolute atomic E-state index is 12.4. The molecule has 0 N–H and O–H groups in total. The first kappa shape index (κ1) is 21.7. The molecule has 6 nitrogen and oxygen atoms in total. The van der Waals surface area contributed by atoms with Gasteiger partial charge in [-0.15, -0.1) is 0 Å². The van der Waals surface area contributed by atoms with Gasteiger partial charge in [0.15, 0.2) is 0 Å². The van der Waals surface area contributed by atoms with Crippen molar-refractivity contribution in [3.05, 3.63) is 58.7 Å². The molecule has 0 aliphatic carbocycles. The van der Waals surface area contributed by atoms with Crippen LogP contribution in [0.3, 0.4) is 0 Å². The third-order valence-corrected chi connectivity index (χ3v) is 4.96. The molecule has 0 radical (unpaired) electrons. The molecule has 3 rings (SSSR count). The van der Waals surface area contributed by atoms with Gasteiger partial charge in [0.25, 0.3) is 0 Å². The molecule has 30 heavy (non-hydrogen) atoms. The van der Waals surface area contributed by atoms with Gasteiger partial charge < -0.3 is 19.1 Å². The summed E-state index contributed by atoms with van der Waals surface area (Å²) in [5.41, 5.74) is 3.22. The van der Waals surface area contributed by atoms with Crippen molar-refractivity contribution in [2.45, 2.75) is 46.1 Å². The molecule has 0 unspecified atom stereocenters. The number of hydrogen-bond acceptors (Lipinski definition) is 5. The summed E-state index contributed by atoms with van der Waals surface area (Å²) in [5, 5.41) is 0. The van der Waals surface area contributed by atoms with Gasteiger partial charge in [-0.25, -0.2) is 9.59 Å². The molecule has 6 heteroatoms. The Kier molecular flexibility index (Phi) is 6.34. The number of nitrogens with zero attached hydrogens (tertiary/aromatic N) is 1. The van der Waals surface area contributed by atoms with E-state index in [0.29, 0.717) is 24.4 Å². The van der Waals surface area contributed by atoms with Gasteiger partial charge in [-0.2, -0.15) is 0 Å². The molecule has 0 atom stereocenters. The Morgan fingerprint density at radius 3 is 2.30 bits per heavy atom. The number of methoxy groups -OCH3 is 1. The Bertz CT molecular complexity index is 945. The highest BCUT2D eigenvalue weighted by atomic mass is 16.6. The van der Waals surface area contributed by atoms with Gasteiger partial charge in [0.2, 0.25) is 0 Å². The van der Waals surface area contributed by atoms with Crippen molar-refractivity contribution in [2.75, 3.05) is 20.2 Å². The molecular formula is C24H29NO5. The summed E-state index contributed by atoms with van der Waals surface area (Å²) in [7, 11) is 1.36. The summed E-state index contributed by atoms with van der Waals surface area (Å²) in [6.07, 6.45) is 1.25. The van der Waals surface area contributed by atoms with Crippen molar-refractivity contribution in [1.82, 2.24) is 4.90 Å². The van der Waals surface area contributed by atoms with Crippen LogP contribution in [0.5, 0.6) is 11.5 Å². The van der Waals surface area contributed by atoms with Crippen molar-refractivity contribution in [1.29, 1.82) is 0 Å². The van der Waals surface area contributed by atoms with Gasteiger partial charge in [0.05, 0.1) is 12.7 Å². The summed E-state index contributed by atoms with van der Waals surface area (Å²) >= 11 is 0. The zero-order chi connectivity index (χ0) is 21.9. The second-order valence-corrected chi connectivity index (χ2v) is 8.47. The van der Waals surface area contributed by atoms with Crippen LogP contribution < -0.4 is 4.74 Å². The van der Waals surface area contributed by atoms with E-state index in [4.69, 9.17) is 14.2 Å². The molecule has 0 saturated carbocycles. The van der Waals surface area contributed by atoms with Crippen LogP contribution in [0.15, 0.2) is 36.4 Å². The highest BCUT2D eigenvalue weighted by molar-refractivity contribution is 5.89. The molecule has 0 aromatic heterocycles. The lowest BCUT2D eigenvalue weighted by Gasteiger charge is -2.26. The molecule has 2 aromatic rings. The van der Waals surface area contributed by atoms with E-state index in [1.807, 2.05) is 39.8 Å². The predicted molar refractivity (Wildman–Crippen MR) is 114 cm³/mol. The lowest BCUT2D eigenvalue weighted by Crippen LogP contribution is -2.38. The molecular weight excluding hydrogens is 382 g/mol. The van der Waals surface area contributed by atoms with Crippen LogP contribution >= 0.6 is 0 Å². The van der Waals surface area contributed by atoms with Crippen molar-refractivity contribution in [2.24, 2.45) is 0 Å². The first-order valence-corrected chi connectivity index (χ1v) is 10.1. The van der Waals surface area contributed by atoms with Crippen molar-refractivity contribution < 1.29 is 23.8 Å². The smallest absolute Gasteiger partial charge is 0.410 e. The first-order chi connectivity index (χ1) is 14.2. The van der Waals surface area contributed by atoms with Crippen molar-refractivity contribution in [3.8, 4) is 11.5 Å². The summed E-state index contributed by atoms with van der Waals surface area (Å²) in [4.78, 5) is 25.9. The summed E-state index contributed by atoms with van der Waals surface area (Å²) in [6.45, 7) is 8.76. The van der Waals surface area contributed by atoms with E-state index in [1.54, 1.807) is 23.1 Å². The summed E-state index contributed by atoms with van der Waals surface area (Å²) in [6, 6.07) is 11.2. The molecule has 160 valence electrons. The molecule has 1 heterocycles. The molecule has 1 aliphatic heterocycles. The van der Waals surface area contributed by atoms with E-state index in [9.17, 15) is 9.59 Å². The van der Waals surface area contributed by atoms with Crippen LogP contribution in [0.2, 0.25) is 0 Å². The van der Waals surface area contributed by atoms with Crippen LogP contribution in [0.4, 0.5) is 4.79 Å². The topological polar surface area (TPSA) is 65.1 Å². The quantitative estimate of drug-likeness (QED) is 0.672. The fourth-order valence-corrected chi connectivity index (χ4v) is 3.41. The second kappa shape index (κ2) is 8.78. The lowest BCUT2D eigenvalue weighted by atomic mass is 10.0. The molecule has 0 spiro atoms. The van der Waals surface area contributed by atoms with Gasteiger partial charge in [0, 0.05) is 13.1 Å². The van der Waals surface area contributed by atoms with Gasteiger partial charge >= 0.3 is 12.1 Å². The third kappa shape index (κ3) is 5.32. The minimum Gasteiger partial charge on any atom is -0.465 e. The highest BCUT2D eigenvalue weighted by Crippen LogP contribution is 2.29. The van der Waals surface area contributed by atoms with Crippen LogP contribution in [-0.2, 0) is 22.3 Å². The van der Waals surface area contributed by atoms with Gasteiger partial charge in [-0.05, 0) is 87.6 Å². The van der Waals surface area contributed by atoms with Gasteiger partial charge in [-0.3, -0.25) is 0 Å². The number of amides is 1. The summed E-state index contributed by atoms with van der Waals surface area (Å²) in [5.74, 6) is 1.05. The SMILES string of the molecule is COC(=O)c1ccc(Oc2ccc3c(c2)CCN(C(=O)OC(C)(C)C)CC3)c(C)c1. The molecule has 1 aliphatic rings. The van der Waals surface area contributed by atoms with E-state index >= 15 is 0 Å². The number of hydrogen-bond donors (Lipinski definition) is 0. The van der Waals surface area contributed by atoms with E-state index in [-0.39, 0.29) is 12.1 Å². The fourth-order valence-electron chi connectivity index (χ4n) is 3.41. The first-order valence-electron chi connectivity index (χ1n) is 10.1. The highest BCUT2D eigenvalue weighted by Gasteiger charge is 2.24. The zero-order valence-corrected chi connectivity index (χ0v) is 18.3. The standard InChI is InChI=1S/C24H29NO5/c1-16-14-19(22(26)28-5)7-9-21(16)29-20-8-6-17-10-12-25(13-11-18(17)15-20)23(27)30-24(2,3)4/h6-9,14-15H,10-13H2,1-5H3. The van der Waals surface area contributed by atoms with Gasteiger partial charge in [0.1, 0.15) is 17.1 Å². The number of benzene rings is 2. The number of carbonyl (C=O) groups is 2. The molecule has 2 aromatic carbocycles. The Balaban J connectivity index is 1.71. The van der Waals surface area contributed by atoms with Crippen LogP contribution in [0.1, 0.15) is 47.8 Å². The number of esters is 1. The van der Waals surface area contributed by atoms with Crippen LogP contribution in [0, 0.1) is 6.92 Å². The molecule has 0 fully saturated rings. The predicted octanol–water partition coefficient (Wildman–Crippen LogP) is 4.91. The average Bonchev–Trinajstić information content (AvgIpc) is 2.90. The second-order valence-electron chi connectivity index (χ2n) is 8.47. The number of carbonyl (C=O) groups excluding carboxylic acids is 2. The number of fused-ring (bicyclic) bond motifs is 1. The molecule has 0 bridgehead atoms. The van der Waals surface area contributed by atoms with E-state index in [0.717, 1.165) is 24.2 Å². The van der Waals surface area contributed by atoms with Crippen molar-refractivity contribution in [3.63, 3.8) is 0 Å². The number of aryl methyl sites for hydroxylation is 1. The lowest BCUT2D eigenvalue weighted by molar-refractivity contribution is 0.0258. The Hall–Kier alpha value is -3.02. The fraction of sp³-hybridized carbons (Fsp3) is 0.417. The third-order valence-electron chi connectivity index (χ3n) is 4.96. The summed E-state index contributed by atoms with van der Waals surface area (Å²) < 4.78 is 16.3. The van der Waals surface area contributed by atoms with E-state index in [1.165, 1.54) is 18.2 Å². The zero-order valence-electron chi connectivity index (χ0n) is 18.3. The van der Waals surface area contributed by atoms with Crippen LogP contribution in [0.25, 0.3) is 0 Å². The largest absolute Gasteiger partial charge is 0.465 e. The molecule has 0 saturated heterocycles. The van der Waals surface area contributed by atoms with E-state index < -0.39 is 5.60 Å². The van der Waals surface area contributed by atoms with Crippen molar-refractivity contribution >= 4 is 12.1 Å². The number of rotatable bonds is 3. The Morgan fingerprint density at radius 2 is 1.67 bits per heavy atom.